The van der Waals surface area contributed by atoms with Crippen molar-refractivity contribution in [3.63, 3.8) is 0 Å². The summed E-state index contributed by atoms with van der Waals surface area (Å²) in [6.07, 6.45) is -4.36. The molecule has 0 fully saturated rings. The maximum absolute atomic E-state index is 13.5. The summed E-state index contributed by atoms with van der Waals surface area (Å²) >= 11 is 0. The number of hydrogen-bond donors (Lipinski definition) is 1. The smallest absolute Gasteiger partial charge is 0.399 e. The Morgan fingerprint density at radius 3 is 2.20 bits per heavy atom. The SMILES string of the molecule is CC.CCc1cc(N)cc2ccc(F)c(C(F)(F)F)c12. The summed E-state index contributed by atoms with van der Waals surface area (Å²) in [6, 6.07) is 5.01. The van der Waals surface area contributed by atoms with Crippen LogP contribution in [0.25, 0.3) is 10.8 Å². The third-order valence-electron chi connectivity index (χ3n) is 2.84. The fourth-order valence-electron chi connectivity index (χ4n) is 2.11. The van der Waals surface area contributed by atoms with Gasteiger partial charge in [-0.2, -0.15) is 13.2 Å². The molecule has 0 atom stereocenters. The van der Waals surface area contributed by atoms with Crippen LogP contribution < -0.4 is 5.73 Å². The zero-order valence-corrected chi connectivity index (χ0v) is 11.6. The van der Waals surface area contributed by atoms with E-state index in [0.717, 1.165) is 6.07 Å². The molecule has 0 amide bonds. The van der Waals surface area contributed by atoms with Crippen LogP contribution >= 0.6 is 0 Å². The number of anilines is 1. The summed E-state index contributed by atoms with van der Waals surface area (Å²) < 4.78 is 52.3. The zero-order valence-electron chi connectivity index (χ0n) is 11.6. The number of fused-ring (bicyclic) bond motifs is 1. The number of aryl methyl sites for hydroxylation is 1. The van der Waals surface area contributed by atoms with Crippen molar-refractivity contribution in [2.75, 3.05) is 5.73 Å². The predicted molar refractivity (Wildman–Crippen MR) is 74.0 cm³/mol. The van der Waals surface area contributed by atoms with Crippen LogP contribution in [0, 0.1) is 5.82 Å². The van der Waals surface area contributed by atoms with E-state index in [1.54, 1.807) is 6.92 Å². The van der Waals surface area contributed by atoms with Crippen molar-refractivity contribution in [1.29, 1.82) is 0 Å². The van der Waals surface area contributed by atoms with E-state index in [2.05, 4.69) is 0 Å². The number of hydrogen-bond acceptors (Lipinski definition) is 1. The second-order valence-electron chi connectivity index (χ2n) is 4.05. The molecule has 2 aromatic rings. The van der Waals surface area contributed by atoms with Gasteiger partial charge in [-0.3, -0.25) is 0 Å². The van der Waals surface area contributed by atoms with E-state index >= 15 is 0 Å². The van der Waals surface area contributed by atoms with Crippen molar-refractivity contribution in [3.05, 3.63) is 41.2 Å². The molecule has 0 aliphatic heterocycles. The number of nitrogen functional groups attached to an aromatic ring is 1. The molecule has 0 saturated heterocycles. The van der Waals surface area contributed by atoms with Gasteiger partial charge in [-0.25, -0.2) is 4.39 Å². The van der Waals surface area contributed by atoms with Gasteiger partial charge in [0.05, 0.1) is 5.56 Å². The summed E-state index contributed by atoms with van der Waals surface area (Å²) in [5.74, 6) is -1.26. The lowest BCUT2D eigenvalue weighted by Crippen LogP contribution is -2.10. The van der Waals surface area contributed by atoms with Gasteiger partial charge in [-0.15, -0.1) is 0 Å². The average Bonchev–Trinajstić information content (AvgIpc) is 2.39. The minimum Gasteiger partial charge on any atom is -0.399 e. The van der Waals surface area contributed by atoms with Gasteiger partial charge in [0.25, 0.3) is 0 Å². The minimum atomic E-state index is -4.72. The molecule has 1 nitrogen and oxygen atoms in total. The first-order valence-electron chi connectivity index (χ1n) is 6.42. The van der Waals surface area contributed by atoms with Gasteiger partial charge >= 0.3 is 6.18 Å². The van der Waals surface area contributed by atoms with E-state index in [-0.39, 0.29) is 5.39 Å². The fourth-order valence-corrected chi connectivity index (χ4v) is 2.11. The van der Waals surface area contributed by atoms with Crippen molar-refractivity contribution in [2.24, 2.45) is 0 Å². The number of alkyl halides is 3. The standard InChI is InChI=1S/C13H11F4N.C2H6/c1-2-7-5-9(18)6-8-3-4-10(14)12(11(7)8)13(15,16)17;1-2/h3-6H,2,18H2,1H3;1-2H3. The third-order valence-corrected chi connectivity index (χ3v) is 2.84. The van der Waals surface area contributed by atoms with Gasteiger partial charge in [0.2, 0.25) is 0 Å². The Balaban J connectivity index is 0.000000956. The van der Waals surface area contributed by atoms with Crippen LogP contribution in [0.5, 0.6) is 0 Å². The fraction of sp³-hybridized carbons (Fsp3) is 0.333. The molecule has 5 heteroatoms. The molecule has 2 N–H and O–H groups in total. The first kappa shape index (κ1) is 16.3. The minimum absolute atomic E-state index is 0.0980. The maximum atomic E-state index is 13.5. The zero-order chi connectivity index (χ0) is 15.5. The Kier molecular flexibility index (Phi) is 4.98. The molecule has 0 aromatic heterocycles. The van der Waals surface area contributed by atoms with Crippen molar-refractivity contribution in [3.8, 4) is 0 Å². The Hall–Kier alpha value is -1.78. The second-order valence-corrected chi connectivity index (χ2v) is 4.05. The summed E-state index contributed by atoms with van der Waals surface area (Å²) in [5, 5.41) is 0.208. The van der Waals surface area contributed by atoms with E-state index in [1.807, 2.05) is 13.8 Å². The third kappa shape index (κ3) is 3.03. The molecule has 0 unspecified atom stereocenters. The maximum Gasteiger partial charge on any atom is 0.419 e. The second kappa shape index (κ2) is 6.11. The van der Waals surface area contributed by atoms with Gasteiger partial charge in [-0.05, 0) is 35.6 Å². The van der Waals surface area contributed by atoms with Crippen LogP contribution in [0.15, 0.2) is 24.3 Å². The molecule has 0 heterocycles. The van der Waals surface area contributed by atoms with Gasteiger partial charge in [0, 0.05) is 11.1 Å². The van der Waals surface area contributed by atoms with Gasteiger partial charge in [0.1, 0.15) is 5.82 Å². The highest BCUT2D eigenvalue weighted by molar-refractivity contribution is 5.92. The summed E-state index contributed by atoms with van der Waals surface area (Å²) in [5.41, 5.74) is 5.19. The average molecular weight is 287 g/mol. The van der Waals surface area contributed by atoms with E-state index in [9.17, 15) is 17.6 Å². The quantitative estimate of drug-likeness (QED) is 0.568. The molecular formula is C15H17F4N. The molecule has 0 spiro atoms. The van der Waals surface area contributed by atoms with Crippen molar-refractivity contribution < 1.29 is 17.6 Å². The number of nitrogens with two attached hydrogens (primary N) is 1. The van der Waals surface area contributed by atoms with Crippen LogP contribution in [0.3, 0.4) is 0 Å². The molecule has 110 valence electrons. The van der Waals surface area contributed by atoms with Crippen LogP contribution in [0.1, 0.15) is 31.9 Å². The topological polar surface area (TPSA) is 26.0 Å². The molecule has 0 aliphatic rings. The van der Waals surface area contributed by atoms with E-state index in [1.165, 1.54) is 18.2 Å². The summed E-state index contributed by atoms with van der Waals surface area (Å²) in [6.45, 7) is 5.71. The van der Waals surface area contributed by atoms with Gasteiger partial charge in [-0.1, -0.05) is 26.8 Å². The monoisotopic (exact) mass is 287 g/mol. The highest BCUT2D eigenvalue weighted by Gasteiger charge is 2.36. The van der Waals surface area contributed by atoms with Crippen LogP contribution in [0.2, 0.25) is 0 Å². The molecule has 2 rings (SSSR count). The molecule has 2 aromatic carbocycles. The van der Waals surface area contributed by atoms with E-state index < -0.39 is 17.6 Å². The Bertz CT molecular complexity index is 603. The van der Waals surface area contributed by atoms with E-state index in [4.69, 9.17) is 5.73 Å². The molecule has 0 aliphatic carbocycles. The summed E-state index contributed by atoms with van der Waals surface area (Å²) in [7, 11) is 0. The normalized spacial score (nSPS) is 11.2. The molecule has 20 heavy (non-hydrogen) atoms. The lowest BCUT2D eigenvalue weighted by atomic mass is 9.96. The summed E-state index contributed by atoms with van der Waals surface area (Å²) in [4.78, 5) is 0. The van der Waals surface area contributed by atoms with Crippen molar-refractivity contribution in [1.82, 2.24) is 0 Å². The van der Waals surface area contributed by atoms with E-state index in [0.29, 0.717) is 23.1 Å². The first-order valence-corrected chi connectivity index (χ1v) is 6.42. The molecule has 0 radical (unpaired) electrons. The predicted octanol–water partition coefficient (Wildman–Crippen LogP) is 5.17. The Morgan fingerprint density at radius 2 is 1.70 bits per heavy atom. The highest BCUT2D eigenvalue weighted by Crippen LogP contribution is 2.39. The Morgan fingerprint density at radius 1 is 1.10 bits per heavy atom. The van der Waals surface area contributed by atoms with Crippen LogP contribution in [0.4, 0.5) is 23.2 Å². The van der Waals surface area contributed by atoms with Crippen LogP contribution in [-0.2, 0) is 12.6 Å². The first-order chi connectivity index (χ1) is 9.34. The van der Waals surface area contributed by atoms with Crippen molar-refractivity contribution in [2.45, 2.75) is 33.4 Å². The van der Waals surface area contributed by atoms with Crippen LogP contribution in [-0.4, -0.2) is 0 Å². The molecule has 0 saturated carbocycles. The lowest BCUT2D eigenvalue weighted by Gasteiger charge is -2.15. The van der Waals surface area contributed by atoms with Crippen molar-refractivity contribution >= 4 is 16.5 Å². The number of rotatable bonds is 1. The molecule has 0 bridgehead atoms. The van der Waals surface area contributed by atoms with Gasteiger partial charge < -0.3 is 5.73 Å². The lowest BCUT2D eigenvalue weighted by molar-refractivity contribution is -0.138. The largest absolute Gasteiger partial charge is 0.419 e. The molecular weight excluding hydrogens is 270 g/mol. The number of halogens is 4. The highest BCUT2D eigenvalue weighted by atomic mass is 19.4. The Labute approximate surface area is 115 Å². The van der Waals surface area contributed by atoms with Gasteiger partial charge in [0.15, 0.2) is 0 Å². The number of benzene rings is 2.